The molecule has 0 bridgehead atoms. The molecular weight excluding hydrogens is 618 g/mol. The lowest BCUT2D eigenvalue weighted by atomic mass is 10.1. The van der Waals surface area contributed by atoms with Crippen molar-refractivity contribution >= 4 is 18.6 Å². The van der Waals surface area contributed by atoms with Gasteiger partial charge >= 0.3 is 18.3 Å². The molecule has 0 aliphatic carbocycles. The number of unbranched alkanes of at least 4 members (excludes halogenated alkanes) is 7. The van der Waals surface area contributed by atoms with E-state index in [9.17, 15) is 31.1 Å². The van der Waals surface area contributed by atoms with E-state index in [0.29, 0.717) is 34.6 Å². The van der Waals surface area contributed by atoms with Gasteiger partial charge in [0.25, 0.3) is 0 Å². The fourth-order valence-corrected chi connectivity index (χ4v) is 4.70. The minimum Gasteiger partial charge on any atom is -0.489 e. The lowest BCUT2D eigenvalue weighted by Crippen LogP contribution is -2.06. The van der Waals surface area contributed by atoms with Crippen molar-refractivity contribution in [3.05, 3.63) is 94.5 Å². The lowest BCUT2D eigenvalue weighted by Gasteiger charge is -2.14. The number of esters is 1. The Morgan fingerprint density at radius 3 is 1.40 bits per heavy atom. The highest BCUT2D eigenvalue weighted by Crippen LogP contribution is 2.31. The molecule has 45 heavy (non-hydrogen) atoms. The molecule has 0 aliphatic rings. The summed E-state index contributed by atoms with van der Waals surface area (Å²) in [5.74, 6) is 1.21. The molecule has 3 aromatic rings. The summed E-state index contributed by atoms with van der Waals surface area (Å²) < 4.78 is 94.4. The molecule has 3 rings (SSSR count). The van der Waals surface area contributed by atoms with Crippen LogP contribution in [0.25, 0.3) is 0 Å². The van der Waals surface area contributed by atoms with E-state index in [-0.39, 0.29) is 25.8 Å². The normalized spacial score (nSPS) is 11.8. The molecule has 0 radical (unpaired) electrons. The molecule has 0 spiro atoms. The minimum absolute atomic E-state index is 0.0328. The van der Waals surface area contributed by atoms with Crippen molar-refractivity contribution in [2.75, 3.05) is 5.75 Å². The third-order valence-electron chi connectivity index (χ3n) is 7.00. The van der Waals surface area contributed by atoms with Crippen LogP contribution in [-0.2, 0) is 41.7 Å². The van der Waals surface area contributed by atoms with Crippen LogP contribution in [0.15, 0.2) is 66.7 Å². The molecule has 4 nitrogen and oxygen atoms in total. The molecule has 0 heterocycles. The topological polar surface area (TPSA) is 44.8 Å². The molecule has 0 atom stereocenters. The maximum atomic E-state index is 12.9. The number of carbonyl (C=O) groups is 1. The lowest BCUT2D eigenvalue weighted by molar-refractivity contribution is -0.145. The zero-order valence-corrected chi connectivity index (χ0v) is 25.8. The van der Waals surface area contributed by atoms with Crippen molar-refractivity contribution in [3.8, 4) is 11.5 Å². The summed E-state index contributed by atoms with van der Waals surface area (Å²) in [6.07, 6.45) is -0.0286. The third-order valence-corrected chi connectivity index (χ3v) is 7.32. The molecule has 3 aromatic carbocycles. The van der Waals surface area contributed by atoms with Crippen LogP contribution < -0.4 is 9.47 Å². The monoisotopic (exact) mass is 656 g/mol. The minimum atomic E-state index is -4.45. The number of halogens is 6. The molecule has 0 amide bonds. The van der Waals surface area contributed by atoms with Crippen molar-refractivity contribution in [2.24, 2.45) is 0 Å². The van der Waals surface area contributed by atoms with E-state index in [1.807, 2.05) is 0 Å². The zero-order chi connectivity index (χ0) is 32.7. The molecule has 11 heteroatoms. The van der Waals surface area contributed by atoms with Gasteiger partial charge in [0, 0.05) is 12.5 Å². The van der Waals surface area contributed by atoms with Crippen LogP contribution in [0.2, 0.25) is 0 Å². The summed E-state index contributed by atoms with van der Waals surface area (Å²) in [4.78, 5) is 12.4. The Balaban J connectivity index is 1.58. The van der Waals surface area contributed by atoms with Crippen molar-refractivity contribution < 1.29 is 45.3 Å². The van der Waals surface area contributed by atoms with E-state index in [4.69, 9.17) is 14.2 Å². The maximum Gasteiger partial charge on any atom is 0.416 e. The van der Waals surface area contributed by atoms with Crippen LogP contribution >= 0.6 is 12.6 Å². The summed E-state index contributed by atoms with van der Waals surface area (Å²) >= 11 is 4.21. The van der Waals surface area contributed by atoms with Crippen LogP contribution in [-0.4, -0.2) is 11.7 Å². The van der Waals surface area contributed by atoms with E-state index in [1.54, 1.807) is 18.2 Å². The molecular formula is C34H38F6O4S. The number of benzene rings is 3. The Labute approximate surface area is 265 Å². The Morgan fingerprint density at radius 2 is 0.978 bits per heavy atom. The van der Waals surface area contributed by atoms with Gasteiger partial charge in [-0.1, -0.05) is 62.8 Å². The third kappa shape index (κ3) is 13.7. The number of carbonyl (C=O) groups excluding carboxylic acids is 1. The van der Waals surface area contributed by atoms with Crippen molar-refractivity contribution in [1.29, 1.82) is 0 Å². The van der Waals surface area contributed by atoms with Gasteiger partial charge in [0.15, 0.2) is 0 Å². The van der Waals surface area contributed by atoms with Gasteiger partial charge in [-0.3, -0.25) is 4.79 Å². The first-order chi connectivity index (χ1) is 21.4. The Kier molecular flexibility index (Phi) is 14.4. The summed E-state index contributed by atoms with van der Waals surface area (Å²) in [6.45, 7) is -0.123. The summed E-state index contributed by atoms with van der Waals surface area (Å²) in [5, 5.41) is 0. The summed E-state index contributed by atoms with van der Waals surface area (Å²) in [7, 11) is 0. The van der Waals surface area contributed by atoms with Crippen molar-refractivity contribution in [3.63, 3.8) is 0 Å². The predicted octanol–water partition coefficient (Wildman–Crippen LogP) is 10.4. The largest absolute Gasteiger partial charge is 0.489 e. The highest BCUT2D eigenvalue weighted by molar-refractivity contribution is 7.80. The molecule has 0 saturated heterocycles. The number of ether oxygens (including phenoxy) is 3. The summed E-state index contributed by atoms with van der Waals surface area (Å²) in [6, 6.07) is 14.0. The van der Waals surface area contributed by atoms with E-state index in [2.05, 4.69) is 12.6 Å². The van der Waals surface area contributed by atoms with Crippen LogP contribution in [0.3, 0.4) is 0 Å². The first kappa shape index (κ1) is 36.1. The quantitative estimate of drug-likeness (QED) is 0.0641. The van der Waals surface area contributed by atoms with Crippen LogP contribution in [0.1, 0.15) is 85.6 Å². The SMILES string of the molecule is O=C(CCCCCCCCCCS)OCc1cc(OCc2ccc(C(F)(F)F)cc2)cc(OCc2ccc(C(F)(F)F)cc2)c1. The molecule has 0 saturated carbocycles. The number of hydrogen-bond acceptors (Lipinski definition) is 5. The zero-order valence-electron chi connectivity index (χ0n) is 24.9. The average molecular weight is 657 g/mol. The van der Waals surface area contributed by atoms with E-state index in [1.165, 1.54) is 43.5 Å². The van der Waals surface area contributed by atoms with Crippen molar-refractivity contribution in [2.45, 2.75) is 90.0 Å². The maximum absolute atomic E-state index is 12.9. The van der Waals surface area contributed by atoms with Gasteiger partial charge < -0.3 is 14.2 Å². The molecule has 0 unspecified atom stereocenters. The van der Waals surface area contributed by atoms with E-state index in [0.717, 1.165) is 62.1 Å². The second-order valence-corrected chi connectivity index (χ2v) is 11.2. The van der Waals surface area contributed by atoms with Crippen LogP contribution in [0, 0.1) is 0 Å². The molecule has 0 aliphatic heterocycles. The number of rotatable bonds is 18. The predicted molar refractivity (Wildman–Crippen MR) is 163 cm³/mol. The fourth-order valence-electron chi connectivity index (χ4n) is 4.47. The van der Waals surface area contributed by atoms with Gasteiger partial charge in [0.05, 0.1) is 11.1 Å². The fraction of sp³-hybridized carbons (Fsp3) is 0.441. The smallest absolute Gasteiger partial charge is 0.416 e. The Morgan fingerprint density at radius 1 is 0.556 bits per heavy atom. The molecule has 246 valence electrons. The Bertz CT molecular complexity index is 1230. The standard InChI is InChI=1S/C34H38F6O4S/c35-33(36,37)28-14-10-25(11-15-28)22-42-30-19-27(24-44-32(41)9-7-5-3-1-2-4-6-8-18-45)20-31(21-30)43-23-26-12-16-29(17-13-26)34(38,39)40/h10-17,19-21,45H,1-9,18,22-24H2. The van der Waals surface area contributed by atoms with Gasteiger partial charge in [-0.25, -0.2) is 0 Å². The first-order valence-corrected chi connectivity index (χ1v) is 15.6. The van der Waals surface area contributed by atoms with Gasteiger partial charge in [-0.05, 0) is 71.7 Å². The van der Waals surface area contributed by atoms with Crippen LogP contribution in [0.4, 0.5) is 26.3 Å². The van der Waals surface area contributed by atoms with Crippen LogP contribution in [0.5, 0.6) is 11.5 Å². The number of alkyl halides is 6. The number of hydrogen-bond donors (Lipinski definition) is 1. The summed E-state index contributed by atoms with van der Waals surface area (Å²) in [5.41, 5.74) is 0.0224. The van der Waals surface area contributed by atoms with Gasteiger partial charge in [-0.15, -0.1) is 0 Å². The van der Waals surface area contributed by atoms with E-state index >= 15 is 0 Å². The molecule has 0 fully saturated rings. The first-order valence-electron chi connectivity index (χ1n) is 14.9. The van der Waals surface area contributed by atoms with Gasteiger partial charge in [0.1, 0.15) is 31.3 Å². The average Bonchev–Trinajstić information content (AvgIpc) is 3.00. The van der Waals surface area contributed by atoms with Crippen molar-refractivity contribution in [1.82, 2.24) is 0 Å². The highest BCUT2D eigenvalue weighted by atomic mass is 32.1. The van der Waals surface area contributed by atoms with Gasteiger partial charge in [0.2, 0.25) is 0 Å². The highest BCUT2D eigenvalue weighted by Gasteiger charge is 2.30. The van der Waals surface area contributed by atoms with E-state index < -0.39 is 23.5 Å². The molecule has 0 N–H and O–H groups in total. The molecule has 0 aromatic heterocycles. The Hall–Kier alpha value is -3.34. The second-order valence-electron chi connectivity index (χ2n) is 10.7. The van der Waals surface area contributed by atoms with Gasteiger partial charge in [-0.2, -0.15) is 39.0 Å². The number of thiol groups is 1. The second kappa shape index (κ2) is 18.0.